The zero-order valence-corrected chi connectivity index (χ0v) is 17.9. The van der Waals surface area contributed by atoms with Gasteiger partial charge < -0.3 is 20.9 Å². The Labute approximate surface area is 174 Å². The number of likely N-dealkylation sites (N-methyl/N-ethyl adjacent to an activating group) is 1. The van der Waals surface area contributed by atoms with E-state index in [1.807, 2.05) is 4.90 Å². The fraction of sp³-hybridized carbons (Fsp3) is 0.632. The molecule has 1 fully saturated rings. The highest BCUT2D eigenvalue weighted by molar-refractivity contribution is 5.94. The van der Waals surface area contributed by atoms with Gasteiger partial charge in [-0.2, -0.15) is 0 Å². The van der Waals surface area contributed by atoms with Crippen LogP contribution in [0.1, 0.15) is 43.5 Å². The second kappa shape index (κ2) is 13.2. The molecule has 1 saturated heterocycles. The molecule has 1 aliphatic heterocycles. The van der Waals surface area contributed by atoms with Crippen LogP contribution >= 0.6 is 24.8 Å². The first-order valence-electron chi connectivity index (χ1n) is 9.36. The standard InChI is InChI=1S/C19H31FN4O.2ClH/c1-3-5-6-16(14-21)22-19(25)15-7-8-18(17(20)13-15)24-11-9-23(4-2)10-12-24;;/h7-8,13,16H,3-6,9-12,14,21H2,1-2H3,(H,22,25);2*1H. The highest BCUT2D eigenvalue weighted by Crippen LogP contribution is 2.22. The molecule has 156 valence electrons. The number of rotatable bonds is 8. The number of amides is 1. The zero-order valence-electron chi connectivity index (χ0n) is 16.2. The molecule has 0 aliphatic carbocycles. The Balaban J connectivity index is 0.00000338. The number of halogens is 3. The van der Waals surface area contributed by atoms with E-state index in [2.05, 4.69) is 24.1 Å². The minimum absolute atomic E-state index is 0. The topological polar surface area (TPSA) is 61.6 Å². The molecule has 8 heteroatoms. The summed E-state index contributed by atoms with van der Waals surface area (Å²) in [4.78, 5) is 16.7. The summed E-state index contributed by atoms with van der Waals surface area (Å²) in [5, 5.41) is 2.91. The van der Waals surface area contributed by atoms with Gasteiger partial charge in [0.15, 0.2) is 0 Å². The largest absolute Gasteiger partial charge is 0.367 e. The van der Waals surface area contributed by atoms with Crippen molar-refractivity contribution in [3.63, 3.8) is 0 Å². The minimum atomic E-state index is -0.338. The average Bonchev–Trinajstić information content (AvgIpc) is 2.65. The van der Waals surface area contributed by atoms with Crippen molar-refractivity contribution in [1.29, 1.82) is 0 Å². The smallest absolute Gasteiger partial charge is 0.251 e. The lowest BCUT2D eigenvalue weighted by Crippen LogP contribution is -2.46. The number of nitrogens with zero attached hydrogens (tertiary/aromatic N) is 2. The molecule has 0 bridgehead atoms. The van der Waals surface area contributed by atoms with Gasteiger partial charge in [-0.25, -0.2) is 4.39 Å². The Kier molecular flexibility index (Phi) is 12.6. The number of piperazine rings is 1. The second-order valence-corrected chi connectivity index (χ2v) is 6.64. The fourth-order valence-electron chi connectivity index (χ4n) is 3.18. The first kappa shape index (κ1) is 25.9. The molecule has 1 atom stereocenters. The Morgan fingerprint density at radius 2 is 1.89 bits per heavy atom. The van der Waals surface area contributed by atoms with Gasteiger partial charge in [0.1, 0.15) is 5.82 Å². The maximum absolute atomic E-state index is 14.5. The van der Waals surface area contributed by atoms with Gasteiger partial charge in [-0.15, -0.1) is 24.8 Å². The monoisotopic (exact) mass is 422 g/mol. The molecule has 1 heterocycles. The Morgan fingerprint density at radius 3 is 2.41 bits per heavy atom. The summed E-state index contributed by atoms with van der Waals surface area (Å²) < 4.78 is 14.5. The second-order valence-electron chi connectivity index (χ2n) is 6.64. The third-order valence-corrected chi connectivity index (χ3v) is 4.90. The molecule has 1 aliphatic rings. The molecule has 27 heavy (non-hydrogen) atoms. The highest BCUT2D eigenvalue weighted by Gasteiger charge is 2.20. The number of unbranched alkanes of at least 4 members (excludes halogenated alkanes) is 1. The number of hydrogen-bond acceptors (Lipinski definition) is 4. The predicted molar refractivity (Wildman–Crippen MR) is 115 cm³/mol. The third kappa shape index (κ3) is 7.45. The number of hydrogen-bond donors (Lipinski definition) is 2. The van der Waals surface area contributed by atoms with E-state index < -0.39 is 0 Å². The highest BCUT2D eigenvalue weighted by atomic mass is 35.5. The van der Waals surface area contributed by atoms with Crippen molar-refractivity contribution in [1.82, 2.24) is 10.2 Å². The molecule has 1 aromatic carbocycles. The van der Waals surface area contributed by atoms with E-state index in [4.69, 9.17) is 5.73 Å². The van der Waals surface area contributed by atoms with Crippen molar-refractivity contribution in [2.45, 2.75) is 39.2 Å². The third-order valence-electron chi connectivity index (χ3n) is 4.90. The maximum atomic E-state index is 14.5. The molecule has 2 rings (SSSR count). The molecule has 3 N–H and O–H groups in total. The number of nitrogens with one attached hydrogen (secondary N) is 1. The maximum Gasteiger partial charge on any atom is 0.251 e. The quantitative estimate of drug-likeness (QED) is 0.675. The average molecular weight is 423 g/mol. The summed E-state index contributed by atoms with van der Waals surface area (Å²) in [6, 6.07) is 4.70. The van der Waals surface area contributed by atoms with Gasteiger partial charge >= 0.3 is 0 Å². The van der Waals surface area contributed by atoms with Crippen LogP contribution in [-0.4, -0.2) is 56.1 Å². The van der Waals surface area contributed by atoms with Crippen molar-refractivity contribution in [3.05, 3.63) is 29.6 Å². The van der Waals surface area contributed by atoms with Crippen LogP contribution in [0.25, 0.3) is 0 Å². The Bertz CT molecular complexity index is 569. The summed E-state index contributed by atoms with van der Waals surface area (Å²) in [7, 11) is 0. The van der Waals surface area contributed by atoms with Crippen LogP contribution in [0.15, 0.2) is 18.2 Å². The van der Waals surface area contributed by atoms with Crippen LogP contribution in [-0.2, 0) is 0 Å². The number of benzene rings is 1. The first-order chi connectivity index (χ1) is 12.1. The molecule has 1 aromatic rings. The summed E-state index contributed by atoms with van der Waals surface area (Å²) in [6.07, 6.45) is 2.92. The van der Waals surface area contributed by atoms with E-state index in [-0.39, 0.29) is 42.6 Å². The van der Waals surface area contributed by atoms with E-state index >= 15 is 0 Å². The molecular formula is C19H33Cl2FN4O. The van der Waals surface area contributed by atoms with Gasteiger partial charge in [-0.05, 0) is 31.2 Å². The number of carbonyl (C=O) groups excluding carboxylic acids is 1. The molecule has 0 radical (unpaired) electrons. The fourth-order valence-corrected chi connectivity index (χ4v) is 3.18. The van der Waals surface area contributed by atoms with E-state index in [1.54, 1.807) is 12.1 Å². The summed E-state index contributed by atoms with van der Waals surface area (Å²) in [5.41, 5.74) is 6.64. The van der Waals surface area contributed by atoms with E-state index in [1.165, 1.54) is 6.07 Å². The summed E-state index contributed by atoms with van der Waals surface area (Å²) in [5.74, 6) is -0.594. The van der Waals surface area contributed by atoms with Crippen LogP contribution in [0, 0.1) is 5.82 Å². The SMILES string of the molecule is CCCCC(CN)NC(=O)c1ccc(N2CCN(CC)CC2)c(F)c1.Cl.Cl. The molecule has 1 unspecified atom stereocenters. The number of carbonyl (C=O) groups is 1. The van der Waals surface area contributed by atoms with Crippen molar-refractivity contribution in [2.24, 2.45) is 5.73 Å². The summed E-state index contributed by atoms with van der Waals surface area (Å²) >= 11 is 0. The Morgan fingerprint density at radius 1 is 1.22 bits per heavy atom. The van der Waals surface area contributed by atoms with Crippen molar-refractivity contribution < 1.29 is 9.18 Å². The predicted octanol–water partition coefficient (Wildman–Crippen LogP) is 3.06. The number of anilines is 1. The minimum Gasteiger partial charge on any atom is -0.367 e. The lowest BCUT2D eigenvalue weighted by molar-refractivity contribution is 0.0935. The molecule has 0 aromatic heterocycles. The molecular weight excluding hydrogens is 390 g/mol. The lowest BCUT2D eigenvalue weighted by atomic mass is 10.1. The van der Waals surface area contributed by atoms with Gasteiger partial charge in [-0.1, -0.05) is 26.7 Å². The van der Waals surface area contributed by atoms with E-state index in [0.29, 0.717) is 17.8 Å². The first-order valence-corrected chi connectivity index (χ1v) is 9.36. The van der Waals surface area contributed by atoms with Crippen LogP contribution in [0.4, 0.5) is 10.1 Å². The van der Waals surface area contributed by atoms with Gasteiger partial charge in [0.25, 0.3) is 5.91 Å². The Hall–Kier alpha value is -1.08. The van der Waals surface area contributed by atoms with Crippen molar-refractivity contribution >= 4 is 36.4 Å². The molecule has 1 amide bonds. The van der Waals surface area contributed by atoms with Gasteiger partial charge in [0.2, 0.25) is 0 Å². The van der Waals surface area contributed by atoms with Crippen LogP contribution in [0.5, 0.6) is 0 Å². The lowest BCUT2D eigenvalue weighted by Gasteiger charge is -2.35. The van der Waals surface area contributed by atoms with Crippen LogP contribution in [0.3, 0.4) is 0 Å². The van der Waals surface area contributed by atoms with Gasteiger partial charge in [-0.3, -0.25) is 4.79 Å². The van der Waals surface area contributed by atoms with Gasteiger partial charge in [0.05, 0.1) is 5.69 Å². The van der Waals surface area contributed by atoms with E-state index in [0.717, 1.165) is 52.0 Å². The van der Waals surface area contributed by atoms with E-state index in [9.17, 15) is 9.18 Å². The molecule has 0 saturated carbocycles. The van der Waals surface area contributed by atoms with Crippen molar-refractivity contribution in [3.8, 4) is 0 Å². The van der Waals surface area contributed by atoms with Crippen LogP contribution < -0.4 is 16.0 Å². The molecule has 5 nitrogen and oxygen atoms in total. The number of nitrogens with two attached hydrogens (primary N) is 1. The zero-order chi connectivity index (χ0) is 18.2. The molecule has 0 spiro atoms. The normalized spacial score (nSPS) is 15.5. The van der Waals surface area contributed by atoms with Crippen LogP contribution in [0.2, 0.25) is 0 Å². The summed E-state index contributed by atoms with van der Waals surface area (Å²) in [6.45, 7) is 9.15. The van der Waals surface area contributed by atoms with Crippen molar-refractivity contribution in [2.75, 3.05) is 44.2 Å². The van der Waals surface area contributed by atoms with Gasteiger partial charge in [0, 0.05) is 44.3 Å².